The van der Waals surface area contributed by atoms with Gasteiger partial charge in [0, 0.05) is 18.0 Å². The van der Waals surface area contributed by atoms with Crippen LogP contribution in [-0.4, -0.2) is 53.4 Å². The minimum atomic E-state index is -0.704. The highest BCUT2D eigenvalue weighted by atomic mass is 35.5. The Hall–Kier alpha value is -2.90. The maximum absolute atomic E-state index is 12.8. The van der Waals surface area contributed by atoms with E-state index in [0.29, 0.717) is 30.3 Å². The predicted octanol–water partition coefficient (Wildman–Crippen LogP) is 3.14. The lowest BCUT2D eigenvalue weighted by atomic mass is 10.1. The van der Waals surface area contributed by atoms with E-state index >= 15 is 0 Å². The molecule has 0 aromatic heterocycles. The average molecular weight is 442 g/mol. The molecule has 1 N–H and O–H groups in total. The molecular formula is C23H24ClN3O4. The molecule has 0 radical (unpaired) electrons. The lowest BCUT2D eigenvalue weighted by Crippen LogP contribution is -2.43. The van der Waals surface area contributed by atoms with Crippen LogP contribution >= 0.6 is 11.6 Å². The molecule has 0 aliphatic carbocycles. The zero-order valence-electron chi connectivity index (χ0n) is 17.0. The fourth-order valence-electron chi connectivity index (χ4n) is 3.89. The van der Waals surface area contributed by atoms with E-state index in [9.17, 15) is 14.4 Å². The number of ether oxygens (including phenoxy) is 1. The minimum Gasteiger partial charge on any atom is -0.370 e. The van der Waals surface area contributed by atoms with Gasteiger partial charge < -0.3 is 15.0 Å². The van der Waals surface area contributed by atoms with Crippen LogP contribution in [0, 0.1) is 0 Å². The van der Waals surface area contributed by atoms with Crippen LogP contribution in [0.1, 0.15) is 30.1 Å². The molecule has 4 amide bonds. The summed E-state index contributed by atoms with van der Waals surface area (Å²) in [7, 11) is 0. The van der Waals surface area contributed by atoms with E-state index in [4.69, 9.17) is 16.3 Å². The molecule has 162 valence electrons. The van der Waals surface area contributed by atoms with E-state index in [1.807, 2.05) is 30.3 Å². The van der Waals surface area contributed by atoms with Gasteiger partial charge in [-0.3, -0.25) is 14.5 Å². The Bertz CT molecular complexity index is 968. The van der Waals surface area contributed by atoms with E-state index in [0.717, 1.165) is 10.5 Å². The predicted molar refractivity (Wildman–Crippen MR) is 115 cm³/mol. The lowest BCUT2D eigenvalue weighted by Gasteiger charge is -2.33. The van der Waals surface area contributed by atoms with Gasteiger partial charge in [0.05, 0.1) is 19.7 Å². The first-order valence-corrected chi connectivity index (χ1v) is 10.7. The van der Waals surface area contributed by atoms with Crippen molar-refractivity contribution in [2.45, 2.75) is 31.5 Å². The molecule has 2 atom stereocenters. The Morgan fingerprint density at radius 3 is 2.61 bits per heavy atom. The smallest absolute Gasteiger partial charge is 0.325 e. The van der Waals surface area contributed by atoms with E-state index in [2.05, 4.69) is 5.32 Å². The van der Waals surface area contributed by atoms with Gasteiger partial charge in [0.2, 0.25) is 5.91 Å². The van der Waals surface area contributed by atoms with Crippen LogP contribution in [0.2, 0.25) is 5.02 Å². The number of nitrogens with zero attached hydrogens (tertiary/aromatic N) is 2. The largest absolute Gasteiger partial charge is 0.370 e. The molecule has 0 saturated carbocycles. The second-order valence-corrected chi connectivity index (χ2v) is 8.07. The van der Waals surface area contributed by atoms with Gasteiger partial charge in [0.1, 0.15) is 12.1 Å². The third-order valence-corrected chi connectivity index (χ3v) is 6.00. The average Bonchev–Trinajstić information content (AvgIpc) is 3.07. The van der Waals surface area contributed by atoms with Gasteiger partial charge in [-0.1, -0.05) is 60.1 Å². The summed E-state index contributed by atoms with van der Waals surface area (Å²) in [6.07, 6.45) is 0.284. The monoisotopic (exact) mass is 441 g/mol. The van der Waals surface area contributed by atoms with E-state index in [-0.39, 0.29) is 37.3 Å². The SMILES string of the molecule is O=C(CC[C@H]1NC(=O)N(Cc2ccccc2Cl)C1=O)N1CCO[C@H](c2ccccc2)C1. The molecule has 2 aromatic rings. The molecule has 2 aromatic carbocycles. The molecule has 2 aliphatic heterocycles. The van der Waals surface area contributed by atoms with Gasteiger partial charge in [-0.05, 0) is 23.6 Å². The second-order valence-electron chi connectivity index (χ2n) is 7.67. The summed E-state index contributed by atoms with van der Waals surface area (Å²) < 4.78 is 5.81. The number of hydrogen-bond acceptors (Lipinski definition) is 4. The van der Waals surface area contributed by atoms with Crippen molar-refractivity contribution in [2.75, 3.05) is 19.7 Å². The van der Waals surface area contributed by atoms with Gasteiger partial charge >= 0.3 is 6.03 Å². The third kappa shape index (κ3) is 4.89. The van der Waals surface area contributed by atoms with Crippen LogP contribution < -0.4 is 5.32 Å². The first kappa shape index (κ1) is 21.3. The Morgan fingerprint density at radius 2 is 1.84 bits per heavy atom. The zero-order chi connectivity index (χ0) is 21.8. The quantitative estimate of drug-likeness (QED) is 0.698. The number of imide groups is 1. The molecule has 7 nitrogen and oxygen atoms in total. The van der Waals surface area contributed by atoms with Crippen LogP contribution in [-0.2, 0) is 20.9 Å². The third-order valence-electron chi connectivity index (χ3n) is 5.63. The highest BCUT2D eigenvalue weighted by Gasteiger charge is 2.38. The number of carbonyl (C=O) groups excluding carboxylic acids is 3. The number of hydrogen-bond donors (Lipinski definition) is 1. The molecule has 31 heavy (non-hydrogen) atoms. The van der Waals surface area contributed by atoms with E-state index in [1.54, 1.807) is 29.2 Å². The summed E-state index contributed by atoms with van der Waals surface area (Å²) >= 11 is 6.15. The van der Waals surface area contributed by atoms with Crippen molar-refractivity contribution in [1.82, 2.24) is 15.1 Å². The highest BCUT2D eigenvalue weighted by molar-refractivity contribution is 6.31. The molecule has 2 fully saturated rings. The van der Waals surface area contributed by atoms with Crippen LogP contribution in [0.3, 0.4) is 0 Å². The lowest BCUT2D eigenvalue weighted by molar-refractivity contribution is -0.139. The topological polar surface area (TPSA) is 79.0 Å². The maximum atomic E-state index is 12.8. The molecule has 2 heterocycles. The fraction of sp³-hybridized carbons (Fsp3) is 0.348. The number of benzene rings is 2. The number of morpholine rings is 1. The number of rotatable bonds is 6. The van der Waals surface area contributed by atoms with Crippen molar-refractivity contribution in [3.05, 3.63) is 70.7 Å². The van der Waals surface area contributed by atoms with Gasteiger partial charge in [-0.25, -0.2) is 4.79 Å². The van der Waals surface area contributed by atoms with Gasteiger partial charge in [-0.15, -0.1) is 0 Å². The molecule has 0 unspecified atom stereocenters. The van der Waals surface area contributed by atoms with E-state index in [1.165, 1.54) is 0 Å². The molecule has 2 saturated heterocycles. The molecule has 0 bridgehead atoms. The first-order valence-electron chi connectivity index (χ1n) is 10.3. The summed E-state index contributed by atoms with van der Waals surface area (Å²) in [6, 6.07) is 15.7. The van der Waals surface area contributed by atoms with Crippen molar-refractivity contribution in [3.8, 4) is 0 Å². The van der Waals surface area contributed by atoms with Crippen molar-refractivity contribution < 1.29 is 19.1 Å². The summed E-state index contributed by atoms with van der Waals surface area (Å²) in [5.74, 6) is -0.377. The summed E-state index contributed by atoms with van der Waals surface area (Å²) in [4.78, 5) is 40.7. The molecular weight excluding hydrogens is 418 g/mol. The van der Waals surface area contributed by atoms with Gasteiger partial charge in [0.15, 0.2) is 0 Å². The van der Waals surface area contributed by atoms with Crippen LogP contribution in [0.15, 0.2) is 54.6 Å². The molecule has 4 rings (SSSR count). The standard InChI is InChI=1S/C23H24ClN3O4/c24-18-9-5-4-8-17(18)14-27-22(29)19(25-23(27)30)10-11-21(28)26-12-13-31-20(15-26)16-6-2-1-3-7-16/h1-9,19-20H,10-15H2,(H,25,30)/t19-,20+/m1/s1. The van der Waals surface area contributed by atoms with Crippen molar-refractivity contribution >= 4 is 29.4 Å². The normalized spacial score (nSPS) is 21.3. The van der Waals surface area contributed by atoms with E-state index < -0.39 is 12.1 Å². The van der Waals surface area contributed by atoms with Gasteiger partial charge in [0.25, 0.3) is 5.91 Å². The number of urea groups is 1. The van der Waals surface area contributed by atoms with Gasteiger partial charge in [-0.2, -0.15) is 0 Å². The highest BCUT2D eigenvalue weighted by Crippen LogP contribution is 2.24. The Kier molecular flexibility index (Phi) is 6.53. The molecule has 2 aliphatic rings. The summed E-state index contributed by atoms with van der Waals surface area (Å²) in [6.45, 7) is 1.57. The Labute approximate surface area is 185 Å². The van der Waals surface area contributed by atoms with Crippen molar-refractivity contribution in [2.24, 2.45) is 0 Å². The first-order chi connectivity index (χ1) is 15.0. The Balaban J connectivity index is 1.31. The molecule has 8 heteroatoms. The number of halogens is 1. The van der Waals surface area contributed by atoms with Crippen LogP contribution in [0.5, 0.6) is 0 Å². The number of nitrogens with one attached hydrogen (secondary N) is 1. The second kappa shape index (κ2) is 9.49. The van der Waals surface area contributed by atoms with Crippen molar-refractivity contribution in [1.29, 1.82) is 0 Å². The minimum absolute atomic E-state index is 0.0455. The fourth-order valence-corrected chi connectivity index (χ4v) is 4.09. The maximum Gasteiger partial charge on any atom is 0.325 e. The summed E-state index contributed by atoms with van der Waals surface area (Å²) in [5, 5.41) is 3.19. The zero-order valence-corrected chi connectivity index (χ0v) is 17.8. The number of amides is 4. The van der Waals surface area contributed by atoms with Crippen LogP contribution in [0.25, 0.3) is 0 Å². The number of carbonyl (C=O) groups is 3. The Morgan fingerprint density at radius 1 is 1.10 bits per heavy atom. The molecule has 0 spiro atoms. The van der Waals surface area contributed by atoms with Crippen LogP contribution in [0.4, 0.5) is 4.79 Å². The van der Waals surface area contributed by atoms with Crippen molar-refractivity contribution in [3.63, 3.8) is 0 Å². The summed E-state index contributed by atoms with van der Waals surface area (Å²) in [5.41, 5.74) is 1.73.